The fourth-order valence-corrected chi connectivity index (χ4v) is 10.1. The number of aromatic nitrogens is 1. The Kier molecular flexibility index (Phi) is 4.91. The maximum Gasteiger partial charge on any atom is 0.187 e. The predicted molar refractivity (Wildman–Crippen MR) is 147 cm³/mol. The standard InChI is InChI=1S/C32H43NO7/c1-27(2,35)23(34)26-38-21-24(28(3,4)40-26)37-20-12-13-29(5)30(6)16(11-14-31(29,36)32(20)25(21)39-32)15-18-17-9-7-8-10-19(17)33-22(18)30/h7-10,16,20-21,23-26,33-36H,11-15H2,1-6H3. The molecule has 0 bridgehead atoms. The summed E-state index contributed by atoms with van der Waals surface area (Å²) >= 11 is 0. The molecule has 2 saturated carbocycles. The van der Waals surface area contributed by atoms with Crippen LogP contribution in [0, 0.1) is 11.3 Å². The highest BCUT2D eigenvalue weighted by molar-refractivity contribution is 5.86. The van der Waals surface area contributed by atoms with Crippen molar-refractivity contribution in [1.29, 1.82) is 0 Å². The smallest absolute Gasteiger partial charge is 0.187 e. The first kappa shape index (κ1) is 26.1. The third-order valence-electron chi connectivity index (χ3n) is 12.5. The lowest BCUT2D eigenvalue weighted by Gasteiger charge is -2.66. The lowest BCUT2D eigenvalue weighted by molar-refractivity contribution is -0.375. The van der Waals surface area contributed by atoms with Gasteiger partial charge in [0, 0.05) is 27.4 Å². The van der Waals surface area contributed by atoms with Crippen LogP contribution in [0.3, 0.4) is 0 Å². The number of epoxide rings is 1. The van der Waals surface area contributed by atoms with Gasteiger partial charge < -0.3 is 39.3 Å². The van der Waals surface area contributed by atoms with Crippen LogP contribution in [-0.2, 0) is 30.8 Å². The average Bonchev–Trinajstić information content (AvgIpc) is 3.46. The van der Waals surface area contributed by atoms with Crippen LogP contribution in [0.15, 0.2) is 24.3 Å². The highest BCUT2D eigenvalue weighted by Crippen LogP contribution is 2.75. The van der Waals surface area contributed by atoms with Crippen molar-refractivity contribution in [3.8, 4) is 0 Å². The Hall–Kier alpha value is -1.52. The first-order chi connectivity index (χ1) is 18.7. The van der Waals surface area contributed by atoms with Crippen molar-refractivity contribution in [2.45, 2.75) is 138 Å². The van der Waals surface area contributed by atoms with E-state index < -0.39 is 52.4 Å². The van der Waals surface area contributed by atoms with E-state index in [1.807, 2.05) is 13.8 Å². The molecule has 2 aromatic rings. The van der Waals surface area contributed by atoms with Crippen molar-refractivity contribution in [3.63, 3.8) is 0 Å². The maximum atomic E-state index is 13.1. The van der Waals surface area contributed by atoms with E-state index in [1.165, 1.54) is 16.6 Å². The van der Waals surface area contributed by atoms with Gasteiger partial charge in [-0.15, -0.1) is 0 Å². The Balaban J connectivity index is 1.20. The summed E-state index contributed by atoms with van der Waals surface area (Å²) in [7, 11) is 0. The topological polar surface area (TPSA) is 117 Å². The molecule has 11 unspecified atom stereocenters. The lowest BCUT2D eigenvalue weighted by atomic mass is 9.40. The van der Waals surface area contributed by atoms with E-state index in [1.54, 1.807) is 13.8 Å². The van der Waals surface area contributed by atoms with E-state index in [9.17, 15) is 15.3 Å². The van der Waals surface area contributed by atoms with E-state index in [-0.39, 0.29) is 17.6 Å². The normalized spacial score (nSPS) is 49.2. The molecule has 6 aliphatic rings. The van der Waals surface area contributed by atoms with Crippen molar-refractivity contribution in [3.05, 3.63) is 35.5 Å². The van der Waals surface area contributed by atoms with Crippen LogP contribution in [-0.4, -0.2) is 79.5 Å². The van der Waals surface area contributed by atoms with Gasteiger partial charge in [0.05, 0.1) is 17.3 Å². The van der Waals surface area contributed by atoms with Crippen LogP contribution < -0.4 is 0 Å². The number of para-hydroxylation sites is 1. The molecular formula is C32H43NO7. The molecule has 8 rings (SSSR count). The number of H-pyrrole nitrogens is 1. The summed E-state index contributed by atoms with van der Waals surface area (Å²) in [6, 6.07) is 8.55. The number of aliphatic hydroxyl groups is 3. The minimum Gasteiger partial charge on any atom is -0.388 e. The van der Waals surface area contributed by atoms with Gasteiger partial charge in [-0.25, -0.2) is 0 Å². The Morgan fingerprint density at radius 3 is 2.50 bits per heavy atom. The van der Waals surface area contributed by atoms with Crippen molar-refractivity contribution >= 4 is 10.9 Å². The van der Waals surface area contributed by atoms with Crippen molar-refractivity contribution in [1.82, 2.24) is 4.98 Å². The SMILES string of the molecule is CC(C)(O)C(O)C1OC2C(OC3CCC4(C)C5(C)c6[nH]c7ccccc7c6CC5CCC4(O)C34OC24)C(C)(C)O1. The summed E-state index contributed by atoms with van der Waals surface area (Å²) in [4.78, 5) is 3.80. The van der Waals surface area contributed by atoms with Gasteiger partial charge in [0.2, 0.25) is 0 Å². The minimum atomic E-state index is -1.41. The second-order valence-corrected chi connectivity index (χ2v) is 15.1. The van der Waals surface area contributed by atoms with Crippen LogP contribution in [0.4, 0.5) is 0 Å². The molecule has 0 amide bonds. The van der Waals surface area contributed by atoms with E-state index in [0.717, 1.165) is 31.2 Å². The average molecular weight is 554 g/mol. The van der Waals surface area contributed by atoms with Crippen LogP contribution in [0.2, 0.25) is 0 Å². The molecule has 3 aliphatic carbocycles. The van der Waals surface area contributed by atoms with Gasteiger partial charge in [-0.3, -0.25) is 0 Å². The van der Waals surface area contributed by atoms with E-state index in [2.05, 4.69) is 43.1 Å². The fraction of sp³-hybridized carbons (Fsp3) is 0.750. The Bertz CT molecular complexity index is 1400. The number of aliphatic hydroxyl groups excluding tert-OH is 1. The zero-order chi connectivity index (χ0) is 28.3. The number of ether oxygens (including phenoxy) is 4. The first-order valence-electron chi connectivity index (χ1n) is 15.1. The molecular weight excluding hydrogens is 510 g/mol. The number of nitrogens with one attached hydrogen (secondary N) is 1. The number of fused-ring (bicyclic) bond motifs is 9. The molecule has 40 heavy (non-hydrogen) atoms. The zero-order valence-corrected chi connectivity index (χ0v) is 24.4. The summed E-state index contributed by atoms with van der Waals surface area (Å²) in [5.74, 6) is 0.440. The molecule has 8 nitrogen and oxygen atoms in total. The molecule has 4 N–H and O–H groups in total. The molecule has 0 radical (unpaired) electrons. The minimum absolute atomic E-state index is 0.253. The van der Waals surface area contributed by atoms with Crippen LogP contribution >= 0.6 is 0 Å². The second-order valence-electron chi connectivity index (χ2n) is 15.1. The van der Waals surface area contributed by atoms with Gasteiger partial charge in [-0.1, -0.05) is 32.0 Å². The van der Waals surface area contributed by atoms with Crippen molar-refractivity contribution < 1.29 is 34.3 Å². The summed E-state index contributed by atoms with van der Waals surface area (Å²) in [6.07, 6.45) is 0.272. The van der Waals surface area contributed by atoms with Gasteiger partial charge in [0.25, 0.3) is 0 Å². The summed E-state index contributed by atoms with van der Waals surface area (Å²) in [5.41, 5.74) is -1.08. The molecule has 3 saturated heterocycles. The number of rotatable bonds is 2. The number of benzene rings is 1. The molecule has 4 heterocycles. The van der Waals surface area contributed by atoms with Crippen LogP contribution in [0.25, 0.3) is 10.9 Å². The fourth-order valence-electron chi connectivity index (χ4n) is 10.1. The van der Waals surface area contributed by atoms with Crippen molar-refractivity contribution in [2.24, 2.45) is 11.3 Å². The maximum absolute atomic E-state index is 13.1. The van der Waals surface area contributed by atoms with Crippen molar-refractivity contribution in [2.75, 3.05) is 0 Å². The third kappa shape index (κ3) is 2.78. The highest BCUT2D eigenvalue weighted by Gasteiger charge is 2.87. The summed E-state index contributed by atoms with van der Waals surface area (Å²) in [6.45, 7) is 11.6. The molecule has 1 aromatic heterocycles. The Labute approximate surface area is 235 Å². The van der Waals surface area contributed by atoms with Crippen LogP contribution in [0.1, 0.15) is 78.5 Å². The first-order valence-corrected chi connectivity index (χ1v) is 15.1. The van der Waals surface area contributed by atoms with Gasteiger partial charge in [0.15, 0.2) is 11.9 Å². The Morgan fingerprint density at radius 2 is 1.75 bits per heavy atom. The molecule has 11 atom stereocenters. The number of hydrogen-bond donors (Lipinski definition) is 4. The van der Waals surface area contributed by atoms with E-state index >= 15 is 0 Å². The zero-order valence-electron chi connectivity index (χ0n) is 24.4. The number of aromatic amines is 1. The molecule has 5 fully saturated rings. The molecule has 1 spiro atoms. The van der Waals surface area contributed by atoms with Gasteiger partial charge in [-0.05, 0) is 77.3 Å². The third-order valence-corrected chi connectivity index (χ3v) is 12.5. The monoisotopic (exact) mass is 553 g/mol. The van der Waals surface area contributed by atoms with Gasteiger partial charge in [-0.2, -0.15) is 0 Å². The quantitative estimate of drug-likeness (QED) is 0.421. The van der Waals surface area contributed by atoms with Gasteiger partial charge in [0.1, 0.15) is 30.0 Å². The summed E-state index contributed by atoms with van der Waals surface area (Å²) in [5, 5.41) is 35.8. The molecule has 8 heteroatoms. The molecule has 1 aromatic carbocycles. The predicted octanol–water partition coefficient (Wildman–Crippen LogP) is 3.48. The summed E-state index contributed by atoms with van der Waals surface area (Å²) < 4.78 is 26.1. The molecule has 218 valence electrons. The van der Waals surface area contributed by atoms with Gasteiger partial charge >= 0.3 is 0 Å². The molecule has 3 aliphatic heterocycles. The number of hydrogen-bond acceptors (Lipinski definition) is 7. The second kappa shape index (κ2) is 7.51. The van der Waals surface area contributed by atoms with Crippen LogP contribution in [0.5, 0.6) is 0 Å². The largest absolute Gasteiger partial charge is 0.388 e. The van der Waals surface area contributed by atoms with E-state index in [0.29, 0.717) is 12.3 Å². The lowest BCUT2D eigenvalue weighted by Crippen LogP contribution is -2.78. The van der Waals surface area contributed by atoms with E-state index in [4.69, 9.17) is 18.9 Å². The highest BCUT2D eigenvalue weighted by atomic mass is 16.8. The Morgan fingerprint density at radius 1 is 1.00 bits per heavy atom.